The number of aromatic amines is 2. The fourth-order valence-corrected chi connectivity index (χ4v) is 2.72. The van der Waals surface area contributed by atoms with Crippen molar-refractivity contribution in [2.75, 3.05) is 6.61 Å². The van der Waals surface area contributed by atoms with Crippen LogP contribution in [-0.4, -0.2) is 22.8 Å². The Labute approximate surface area is 129 Å². The Morgan fingerprint density at radius 1 is 1.36 bits per heavy atom. The number of nitriles is 1. The van der Waals surface area contributed by atoms with Crippen LogP contribution in [0.15, 0.2) is 15.0 Å². The van der Waals surface area contributed by atoms with Crippen molar-refractivity contribution in [2.24, 2.45) is 10.2 Å². The first kappa shape index (κ1) is 15.7. The van der Waals surface area contributed by atoms with Crippen molar-refractivity contribution in [3.63, 3.8) is 0 Å². The van der Waals surface area contributed by atoms with Crippen molar-refractivity contribution in [1.29, 1.82) is 5.26 Å². The van der Waals surface area contributed by atoms with Crippen molar-refractivity contribution in [3.8, 4) is 6.07 Å². The molecule has 0 saturated carbocycles. The van der Waals surface area contributed by atoms with E-state index in [1.807, 2.05) is 6.07 Å². The highest BCUT2D eigenvalue weighted by Gasteiger charge is 2.21. The van der Waals surface area contributed by atoms with Crippen LogP contribution in [0.3, 0.4) is 0 Å². The molecule has 0 radical (unpaired) electrons. The lowest BCUT2D eigenvalue weighted by atomic mass is 10.2. The Kier molecular flexibility index (Phi) is 4.53. The number of azo groups is 1. The van der Waals surface area contributed by atoms with E-state index in [2.05, 4.69) is 20.4 Å². The van der Waals surface area contributed by atoms with Crippen molar-refractivity contribution in [3.05, 3.63) is 32.1 Å². The molecule has 114 valence electrons. The minimum Gasteiger partial charge on any atom is -0.462 e. The Hall–Kier alpha value is -2.73. The van der Waals surface area contributed by atoms with Gasteiger partial charge in [0.15, 0.2) is 10.7 Å². The van der Waals surface area contributed by atoms with Gasteiger partial charge in [0.1, 0.15) is 10.9 Å². The van der Waals surface area contributed by atoms with Crippen LogP contribution in [0.2, 0.25) is 0 Å². The summed E-state index contributed by atoms with van der Waals surface area (Å²) >= 11 is 1.01. The van der Waals surface area contributed by atoms with Crippen LogP contribution < -0.4 is 5.56 Å². The highest BCUT2D eigenvalue weighted by molar-refractivity contribution is 7.18. The van der Waals surface area contributed by atoms with Gasteiger partial charge in [-0.25, -0.2) is 4.79 Å². The fourth-order valence-electron chi connectivity index (χ4n) is 1.75. The van der Waals surface area contributed by atoms with E-state index in [4.69, 9.17) is 4.74 Å². The number of thiophene rings is 1. The summed E-state index contributed by atoms with van der Waals surface area (Å²) in [5.74, 6) is -0.501. The minimum atomic E-state index is -0.501. The van der Waals surface area contributed by atoms with Crippen LogP contribution in [0.5, 0.6) is 0 Å². The molecule has 2 aromatic rings. The third kappa shape index (κ3) is 2.82. The van der Waals surface area contributed by atoms with Crippen LogP contribution in [0.1, 0.15) is 33.4 Å². The molecule has 0 atom stereocenters. The summed E-state index contributed by atoms with van der Waals surface area (Å²) < 4.78 is 4.94. The number of ether oxygens (including phenoxy) is 1. The van der Waals surface area contributed by atoms with Gasteiger partial charge in [0.25, 0.3) is 5.56 Å². The number of hydrogen-bond donors (Lipinski definition) is 2. The molecule has 0 amide bonds. The number of esters is 1. The summed E-state index contributed by atoms with van der Waals surface area (Å²) in [7, 11) is 0. The predicted molar refractivity (Wildman–Crippen MR) is 80.1 cm³/mol. The van der Waals surface area contributed by atoms with Crippen LogP contribution in [-0.2, 0) is 4.74 Å². The van der Waals surface area contributed by atoms with E-state index >= 15 is 0 Å². The molecule has 2 rings (SSSR count). The van der Waals surface area contributed by atoms with Crippen molar-refractivity contribution in [2.45, 2.75) is 20.8 Å². The lowest BCUT2D eigenvalue weighted by Crippen LogP contribution is -2.03. The summed E-state index contributed by atoms with van der Waals surface area (Å²) in [6.45, 7) is 5.26. The van der Waals surface area contributed by atoms with Gasteiger partial charge in [-0.3, -0.25) is 9.89 Å². The maximum absolute atomic E-state index is 11.8. The summed E-state index contributed by atoms with van der Waals surface area (Å²) in [5.41, 5.74) is 1.01. The van der Waals surface area contributed by atoms with Gasteiger partial charge in [0, 0.05) is 0 Å². The Morgan fingerprint density at radius 2 is 2.09 bits per heavy atom. The van der Waals surface area contributed by atoms with Crippen LogP contribution in [0.4, 0.5) is 10.7 Å². The zero-order valence-electron chi connectivity index (χ0n) is 12.2. The summed E-state index contributed by atoms with van der Waals surface area (Å²) in [6, 6.07) is 2.00. The van der Waals surface area contributed by atoms with Gasteiger partial charge >= 0.3 is 5.97 Å². The second-order valence-corrected chi connectivity index (χ2v) is 5.32. The lowest BCUT2D eigenvalue weighted by Gasteiger charge is -1.98. The van der Waals surface area contributed by atoms with Gasteiger partial charge in [0.05, 0.1) is 17.9 Å². The molecular formula is C13H13N5O3S. The monoisotopic (exact) mass is 319 g/mol. The maximum Gasteiger partial charge on any atom is 0.348 e. The van der Waals surface area contributed by atoms with E-state index in [0.29, 0.717) is 16.1 Å². The predicted octanol–water partition coefficient (Wildman–Crippen LogP) is 2.85. The van der Waals surface area contributed by atoms with Gasteiger partial charge in [-0.2, -0.15) is 5.26 Å². The molecule has 0 saturated heterocycles. The number of carbonyl (C=O) groups is 1. The van der Waals surface area contributed by atoms with Gasteiger partial charge in [-0.15, -0.1) is 21.6 Å². The number of nitrogens with zero attached hydrogens (tertiary/aromatic N) is 3. The number of H-pyrrole nitrogens is 2. The molecule has 0 unspecified atom stereocenters. The van der Waals surface area contributed by atoms with E-state index < -0.39 is 11.5 Å². The number of carbonyl (C=O) groups excluding carboxylic acids is 1. The summed E-state index contributed by atoms with van der Waals surface area (Å²) in [5, 5.41) is 22.3. The molecule has 0 aromatic carbocycles. The van der Waals surface area contributed by atoms with Crippen molar-refractivity contribution in [1.82, 2.24) is 10.2 Å². The molecular weight excluding hydrogens is 306 g/mol. The SMILES string of the molecule is CCOC(=O)c1sc(N=Nc2c(C)[nH][nH]c2=O)c(C#N)c1C. The number of aryl methyl sites for hydroxylation is 1. The topological polar surface area (TPSA) is 123 Å². The van der Waals surface area contributed by atoms with E-state index in [1.54, 1.807) is 20.8 Å². The zero-order valence-corrected chi connectivity index (χ0v) is 13.0. The molecule has 2 heterocycles. The first-order valence-electron chi connectivity index (χ1n) is 6.39. The van der Waals surface area contributed by atoms with Gasteiger partial charge in [-0.05, 0) is 26.3 Å². The molecule has 0 aliphatic rings. The molecule has 0 bridgehead atoms. The number of hydrogen-bond acceptors (Lipinski definition) is 7. The molecule has 22 heavy (non-hydrogen) atoms. The summed E-state index contributed by atoms with van der Waals surface area (Å²) in [4.78, 5) is 23.7. The van der Waals surface area contributed by atoms with Gasteiger partial charge < -0.3 is 9.84 Å². The van der Waals surface area contributed by atoms with Crippen LogP contribution >= 0.6 is 11.3 Å². The second-order valence-electron chi connectivity index (χ2n) is 4.32. The normalized spacial score (nSPS) is 10.8. The molecule has 2 N–H and O–H groups in total. The highest BCUT2D eigenvalue weighted by Crippen LogP contribution is 2.36. The quantitative estimate of drug-likeness (QED) is 0.664. The number of nitrogens with one attached hydrogen (secondary N) is 2. The van der Waals surface area contributed by atoms with Crippen molar-refractivity contribution < 1.29 is 9.53 Å². The molecule has 0 spiro atoms. The van der Waals surface area contributed by atoms with E-state index in [-0.39, 0.29) is 22.9 Å². The Balaban J connectivity index is 2.44. The first-order valence-corrected chi connectivity index (χ1v) is 7.20. The molecule has 0 aliphatic heterocycles. The Bertz CT molecular complexity index is 837. The highest BCUT2D eigenvalue weighted by atomic mass is 32.1. The maximum atomic E-state index is 11.8. The van der Waals surface area contributed by atoms with Crippen LogP contribution in [0.25, 0.3) is 0 Å². The lowest BCUT2D eigenvalue weighted by molar-refractivity contribution is 0.0531. The standard InChI is InChI=1S/C13H13N5O3S/c1-4-21-13(20)10-6(2)8(5-14)12(22-10)18-16-9-7(3)15-17-11(9)19/h4H2,1-3H3,(H2,15,17,19). The van der Waals surface area contributed by atoms with Gasteiger partial charge in [-0.1, -0.05) is 0 Å². The second kappa shape index (κ2) is 6.36. The van der Waals surface area contributed by atoms with Crippen LogP contribution in [0, 0.1) is 25.2 Å². The molecule has 2 aromatic heterocycles. The van der Waals surface area contributed by atoms with E-state index in [1.165, 1.54) is 0 Å². The minimum absolute atomic E-state index is 0.132. The third-order valence-electron chi connectivity index (χ3n) is 2.88. The first-order chi connectivity index (χ1) is 10.5. The zero-order chi connectivity index (χ0) is 16.3. The average molecular weight is 319 g/mol. The van der Waals surface area contributed by atoms with E-state index in [0.717, 1.165) is 11.3 Å². The molecule has 0 aliphatic carbocycles. The molecule has 8 nitrogen and oxygen atoms in total. The molecule has 0 fully saturated rings. The third-order valence-corrected chi connectivity index (χ3v) is 4.03. The Morgan fingerprint density at radius 3 is 2.64 bits per heavy atom. The molecule has 9 heteroatoms. The number of aromatic nitrogens is 2. The fraction of sp³-hybridized carbons (Fsp3) is 0.308. The average Bonchev–Trinajstić information content (AvgIpc) is 2.97. The summed E-state index contributed by atoms with van der Waals surface area (Å²) in [6.07, 6.45) is 0. The largest absolute Gasteiger partial charge is 0.462 e. The number of rotatable bonds is 4. The van der Waals surface area contributed by atoms with Crippen molar-refractivity contribution >= 4 is 28.0 Å². The smallest absolute Gasteiger partial charge is 0.348 e. The van der Waals surface area contributed by atoms with Gasteiger partial charge in [0.2, 0.25) is 0 Å². The van der Waals surface area contributed by atoms with E-state index in [9.17, 15) is 14.9 Å².